The van der Waals surface area contributed by atoms with E-state index in [1.54, 1.807) is 0 Å². The molecule has 18 heteroatoms. The van der Waals surface area contributed by atoms with Gasteiger partial charge in [0.25, 0.3) is 0 Å². The summed E-state index contributed by atoms with van der Waals surface area (Å²) < 4.78 is 89.7. The van der Waals surface area contributed by atoms with Crippen molar-refractivity contribution in [1.82, 2.24) is 9.13 Å². The zero-order chi connectivity index (χ0) is 31.6. The molecule has 0 bridgehead atoms. The first kappa shape index (κ1) is 33.1. The Hall–Kier alpha value is -4.09. The van der Waals surface area contributed by atoms with Crippen LogP contribution in [-0.4, -0.2) is 31.3 Å². The molecule has 0 saturated carbocycles. The SMILES string of the molecule is Cc1c(Br)cc([N+](=O)[O-])c(=O)n1CC(F)(F)F.Cc1cccc(-c2cc([N+](=O)[O-])c(=O)n(CC(F)(F)F)c2C)c1F. The van der Waals surface area contributed by atoms with Gasteiger partial charge in [-0.25, -0.2) is 4.39 Å². The number of aryl methyl sites for hydroxylation is 1. The van der Waals surface area contributed by atoms with Gasteiger partial charge in [-0.1, -0.05) is 18.2 Å². The molecule has 10 nitrogen and oxygen atoms in total. The molecule has 0 spiro atoms. The molecule has 0 aliphatic carbocycles. The van der Waals surface area contributed by atoms with Crippen molar-refractivity contribution in [3.05, 3.63) is 98.5 Å². The van der Waals surface area contributed by atoms with Gasteiger partial charge in [0.2, 0.25) is 0 Å². The van der Waals surface area contributed by atoms with E-state index in [0.717, 1.165) is 12.1 Å². The van der Waals surface area contributed by atoms with Crippen LogP contribution in [0.25, 0.3) is 11.1 Å². The maximum absolute atomic E-state index is 14.3. The maximum Gasteiger partial charge on any atom is 0.406 e. The molecule has 41 heavy (non-hydrogen) atoms. The molecule has 222 valence electrons. The van der Waals surface area contributed by atoms with Gasteiger partial charge in [0, 0.05) is 39.1 Å². The van der Waals surface area contributed by atoms with E-state index in [9.17, 15) is 60.6 Å². The molecule has 0 atom stereocenters. The fraction of sp³-hybridized carbons (Fsp3) is 0.304. The van der Waals surface area contributed by atoms with E-state index in [2.05, 4.69) is 15.9 Å². The molecular weight excluding hydrogens is 641 g/mol. The van der Waals surface area contributed by atoms with Gasteiger partial charge in [0.15, 0.2) is 0 Å². The van der Waals surface area contributed by atoms with Crippen molar-refractivity contribution in [1.29, 1.82) is 0 Å². The van der Waals surface area contributed by atoms with Crippen LogP contribution in [0.15, 0.2) is 44.4 Å². The first-order valence-electron chi connectivity index (χ1n) is 11.0. The van der Waals surface area contributed by atoms with Crippen LogP contribution in [0.3, 0.4) is 0 Å². The number of hydrogen-bond donors (Lipinski definition) is 0. The number of halogens is 8. The van der Waals surface area contributed by atoms with E-state index in [1.807, 2.05) is 0 Å². The summed E-state index contributed by atoms with van der Waals surface area (Å²) in [5, 5.41) is 21.5. The predicted molar refractivity (Wildman–Crippen MR) is 134 cm³/mol. The fourth-order valence-electron chi connectivity index (χ4n) is 3.57. The zero-order valence-electron chi connectivity index (χ0n) is 21.1. The van der Waals surface area contributed by atoms with E-state index in [-0.39, 0.29) is 37.1 Å². The highest BCUT2D eigenvalue weighted by molar-refractivity contribution is 9.10. The Morgan fingerprint density at radius 2 is 1.22 bits per heavy atom. The minimum Gasteiger partial charge on any atom is -0.297 e. The van der Waals surface area contributed by atoms with E-state index >= 15 is 0 Å². The maximum atomic E-state index is 14.3. The molecule has 3 rings (SSSR count). The van der Waals surface area contributed by atoms with Crippen molar-refractivity contribution in [2.24, 2.45) is 0 Å². The Bertz CT molecular complexity index is 1630. The zero-order valence-corrected chi connectivity index (χ0v) is 22.6. The number of rotatable bonds is 5. The smallest absolute Gasteiger partial charge is 0.297 e. The molecule has 0 unspecified atom stereocenters. The van der Waals surface area contributed by atoms with Gasteiger partial charge < -0.3 is 0 Å². The number of hydrogen-bond acceptors (Lipinski definition) is 6. The Kier molecular flexibility index (Phi) is 9.85. The molecule has 0 aliphatic heterocycles. The summed E-state index contributed by atoms with van der Waals surface area (Å²) >= 11 is 2.88. The van der Waals surface area contributed by atoms with Crippen LogP contribution in [0.5, 0.6) is 0 Å². The van der Waals surface area contributed by atoms with Crippen molar-refractivity contribution in [2.45, 2.75) is 46.2 Å². The van der Waals surface area contributed by atoms with Crippen LogP contribution in [0.1, 0.15) is 17.0 Å². The van der Waals surface area contributed by atoms with Gasteiger partial charge in [-0.2, -0.15) is 26.3 Å². The summed E-state index contributed by atoms with van der Waals surface area (Å²) in [7, 11) is 0. The normalized spacial score (nSPS) is 11.6. The summed E-state index contributed by atoms with van der Waals surface area (Å²) in [6.07, 6.45) is -9.38. The van der Waals surface area contributed by atoms with Gasteiger partial charge in [0.1, 0.15) is 18.9 Å². The highest BCUT2D eigenvalue weighted by Crippen LogP contribution is 2.30. The van der Waals surface area contributed by atoms with E-state index in [1.165, 1.54) is 39.0 Å². The Morgan fingerprint density at radius 3 is 1.66 bits per heavy atom. The van der Waals surface area contributed by atoms with Crippen LogP contribution < -0.4 is 11.1 Å². The lowest BCUT2D eigenvalue weighted by Crippen LogP contribution is -2.31. The number of nitrogens with zero attached hydrogens (tertiary/aromatic N) is 4. The molecule has 0 saturated heterocycles. The molecule has 2 heterocycles. The van der Waals surface area contributed by atoms with Gasteiger partial charge >= 0.3 is 34.8 Å². The molecule has 0 aliphatic rings. The second-order valence-corrected chi connectivity index (χ2v) is 9.31. The molecule has 1 aromatic carbocycles. The second kappa shape index (κ2) is 12.2. The minimum absolute atomic E-state index is 0.0158. The van der Waals surface area contributed by atoms with Crippen LogP contribution in [0.2, 0.25) is 0 Å². The predicted octanol–water partition coefficient (Wildman–Crippen LogP) is 6.13. The van der Waals surface area contributed by atoms with Crippen LogP contribution in [0, 0.1) is 46.8 Å². The lowest BCUT2D eigenvalue weighted by Gasteiger charge is -2.16. The summed E-state index contributed by atoms with van der Waals surface area (Å²) in [6.45, 7) is 0.654. The molecule has 0 radical (unpaired) electrons. The number of benzene rings is 1. The van der Waals surface area contributed by atoms with Gasteiger partial charge in [-0.05, 0) is 42.3 Å². The van der Waals surface area contributed by atoms with Crippen molar-refractivity contribution < 1.29 is 40.6 Å². The monoisotopic (exact) mass is 658 g/mol. The summed E-state index contributed by atoms with van der Waals surface area (Å²) in [6, 6.07) is 5.91. The van der Waals surface area contributed by atoms with Crippen LogP contribution in [-0.2, 0) is 13.1 Å². The highest BCUT2D eigenvalue weighted by atomic mass is 79.9. The van der Waals surface area contributed by atoms with Crippen molar-refractivity contribution >= 4 is 27.3 Å². The van der Waals surface area contributed by atoms with Gasteiger partial charge in [-0.15, -0.1) is 0 Å². The Balaban J connectivity index is 0.000000305. The standard InChI is InChI=1S/C15H12F4N2O3.C8H6BrF3N2O3/c1-8-4-3-5-10(13(8)16)11-6-12(21(23)24)14(22)20(9(11)2)7-15(17,18)19;1-4-5(9)2-6(14(16)17)7(15)13(4)3-8(10,11)12/h3-6H,7H2,1-2H3;2H,3H2,1H3. The van der Waals surface area contributed by atoms with Crippen LogP contribution >= 0.6 is 15.9 Å². The third-order valence-corrected chi connectivity index (χ3v) is 6.37. The van der Waals surface area contributed by atoms with Gasteiger partial charge in [-0.3, -0.25) is 39.0 Å². The summed E-state index contributed by atoms with van der Waals surface area (Å²) in [4.78, 5) is 42.8. The average molecular weight is 659 g/mol. The molecular formula is C23H18BrF7N4O6. The molecule has 0 amide bonds. The Morgan fingerprint density at radius 1 is 0.780 bits per heavy atom. The minimum atomic E-state index is -4.76. The molecule has 3 aromatic rings. The largest absolute Gasteiger partial charge is 0.406 e. The summed E-state index contributed by atoms with van der Waals surface area (Å²) in [5.41, 5.74) is -4.82. The van der Waals surface area contributed by atoms with E-state index in [0.29, 0.717) is 4.57 Å². The number of aromatic nitrogens is 2. The van der Waals surface area contributed by atoms with Crippen molar-refractivity contribution in [2.75, 3.05) is 0 Å². The quantitative estimate of drug-likeness (QED) is 0.184. The number of pyridine rings is 2. The Labute approximate surface area is 233 Å². The second-order valence-electron chi connectivity index (χ2n) is 8.46. The van der Waals surface area contributed by atoms with Crippen molar-refractivity contribution in [3.8, 4) is 11.1 Å². The average Bonchev–Trinajstić information content (AvgIpc) is 2.83. The van der Waals surface area contributed by atoms with E-state index < -0.39 is 63.6 Å². The highest BCUT2D eigenvalue weighted by Gasteiger charge is 2.33. The molecule has 0 fully saturated rings. The molecule has 2 aromatic heterocycles. The summed E-state index contributed by atoms with van der Waals surface area (Å²) in [5.74, 6) is -0.716. The first-order chi connectivity index (χ1) is 18.7. The first-order valence-corrected chi connectivity index (χ1v) is 11.8. The third kappa shape index (κ3) is 7.99. The van der Waals surface area contributed by atoms with Crippen molar-refractivity contribution in [3.63, 3.8) is 0 Å². The number of alkyl halides is 6. The topological polar surface area (TPSA) is 130 Å². The fourth-order valence-corrected chi connectivity index (χ4v) is 4.00. The number of nitro groups is 2. The lowest BCUT2D eigenvalue weighted by molar-refractivity contribution is -0.386. The van der Waals surface area contributed by atoms with E-state index in [4.69, 9.17) is 0 Å². The van der Waals surface area contributed by atoms with Gasteiger partial charge in [0.05, 0.1) is 9.85 Å². The van der Waals surface area contributed by atoms with Crippen LogP contribution in [0.4, 0.5) is 42.1 Å². The molecule has 0 N–H and O–H groups in total. The third-order valence-electron chi connectivity index (χ3n) is 5.57. The lowest BCUT2D eigenvalue weighted by atomic mass is 10.0.